The van der Waals surface area contributed by atoms with E-state index in [0.717, 1.165) is 19.3 Å². The van der Waals surface area contributed by atoms with E-state index in [4.69, 9.17) is 0 Å². The molecular weight excluding hydrogens is 262 g/mol. The van der Waals surface area contributed by atoms with Gasteiger partial charge >= 0.3 is 0 Å². The summed E-state index contributed by atoms with van der Waals surface area (Å²) >= 11 is 0. The molecule has 1 aromatic heterocycles. The van der Waals surface area contributed by atoms with Crippen molar-refractivity contribution >= 4 is 10.0 Å². The van der Waals surface area contributed by atoms with E-state index in [0.29, 0.717) is 18.2 Å². The zero-order valence-corrected chi connectivity index (χ0v) is 13.0. The second-order valence-electron chi connectivity index (χ2n) is 5.39. The van der Waals surface area contributed by atoms with Crippen LogP contribution in [0.15, 0.2) is 11.2 Å². The number of aromatic amines is 1. The highest BCUT2D eigenvalue weighted by atomic mass is 32.2. The SMILES string of the molecule is CCc1ncc(S(=O)(=O)NC(C)CCCC(C)C)[nH]1. The van der Waals surface area contributed by atoms with E-state index in [9.17, 15) is 8.42 Å². The van der Waals surface area contributed by atoms with Crippen molar-refractivity contribution in [2.75, 3.05) is 0 Å². The molecule has 0 radical (unpaired) electrons. The maximum Gasteiger partial charge on any atom is 0.257 e. The number of aryl methyl sites for hydroxylation is 1. The third-order valence-corrected chi connectivity index (χ3v) is 4.50. The first-order valence-corrected chi connectivity index (χ1v) is 8.39. The molecule has 0 saturated heterocycles. The van der Waals surface area contributed by atoms with Gasteiger partial charge in [-0.2, -0.15) is 0 Å². The maximum absolute atomic E-state index is 12.1. The minimum Gasteiger partial charge on any atom is -0.332 e. The van der Waals surface area contributed by atoms with Crippen LogP contribution in [0.1, 0.15) is 52.8 Å². The molecule has 1 heterocycles. The lowest BCUT2D eigenvalue weighted by molar-refractivity contribution is 0.487. The van der Waals surface area contributed by atoms with Crippen LogP contribution in [0.3, 0.4) is 0 Å². The van der Waals surface area contributed by atoms with Crippen LogP contribution in [0.2, 0.25) is 0 Å². The number of aromatic nitrogens is 2. The fourth-order valence-electron chi connectivity index (χ4n) is 1.88. The van der Waals surface area contributed by atoms with Gasteiger partial charge in [-0.3, -0.25) is 0 Å². The van der Waals surface area contributed by atoms with Gasteiger partial charge in [0, 0.05) is 12.5 Å². The summed E-state index contributed by atoms with van der Waals surface area (Å²) in [4.78, 5) is 6.84. The first kappa shape index (κ1) is 16.2. The Balaban J connectivity index is 2.54. The number of hydrogen-bond donors (Lipinski definition) is 2. The summed E-state index contributed by atoms with van der Waals surface area (Å²) in [6, 6.07) is -0.0582. The van der Waals surface area contributed by atoms with E-state index in [-0.39, 0.29) is 11.1 Å². The van der Waals surface area contributed by atoms with Crippen molar-refractivity contribution < 1.29 is 8.42 Å². The van der Waals surface area contributed by atoms with Gasteiger partial charge in [0.1, 0.15) is 5.82 Å². The van der Waals surface area contributed by atoms with Gasteiger partial charge in [-0.15, -0.1) is 0 Å². The molecule has 19 heavy (non-hydrogen) atoms. The van der Waals surface area contributed by atoms with Crippen LogP contribution in [0.4, 0.5) is 0 Å². The zero-order valence-electron chi connectivity index (χ0n) is 12.2. The van der Waals surface area contributed by atoms with Gasteiger partial charge in [-0.25, -0.2) is 18.1 Å². The number of rotatable bonds is 8. The monoisotopic (exact) mass is 287 g/mol. The van der Waals surface area contributed by atoms with E-state index < -0.39 is 10.0 Å². The number of imidazole rings is 1. The Kier molecular flexibility index (Phi) is 6.00. The molecule has 0 aliphatic heterocycles. The molecule has 1 aromatic rings. The first-order valence-electron chi connectivity index (χ1n) is 6.91. The smallest absolute Gasteiger partial charge is 0.257 e. The summed E-state index contributed by atoms with van der Waals surface area (Å²) in [7, 11) is -3.47. The maximum atomic E-state index is 12.1. The summed E-state index contributed by atoms with van der Waals surface area (Å²) in [6.45, 7) is 8.17. The first-order chi connectivity index (χ1) is 8.85. The molecule has 1 atom stereocenters. The van der Waals surface area contributed by atoms with Gasteiger partial charge in [0.25, 0.3) is 10.0 Å². The van der Waals surface area contributed by atoms with Crippen LogP contribution in [0, 0.1) is 5.92 Å². The molecule has 0 amide bonds. The summed E-state index contributed by atoms with van der Waals surface area (Å²) in [5.74, 6) is 1.34. The van der Waals surface area contributed by atoms with Gasteiger partial charge < -0.3 is 4.98 Å². The van der Waals surface area contributed by atoms with Crippen LogP contribution < -0.4 is 4.72 Å². The van der Waals surface area contributed by atoms with E-state index in [1.165, 1.54) is 6.20 Å². The van der Waals surface area contributed by atoms with Crippen molar-refractivity contribution in [3.8, 4) is 0 Å². The van der Waals surface area contributed by atoms with Crippen LogP contribution >= 0.6 is 0 Å². The van der Waals surface area contributed by atoms with Crippen LogP contribution in [0.5, 0.6) is 0 Å². The summed E-state index contributed by atoms with van der Waals surface area (Å²) in [5, 5.41) is 0.153. The second-order valence-corrected chi connectivity index (χ2v) is 7.08. The number of hydrogen-bond acceptors (Lipinski definition) is 3. The van der Waals surface area contributed by atoms with E-state index in [1.807, 2.05) is 13.8 Å². The topological polar surface area (TPSA) is 74.8 Å². The Morgan fingerprint density at radius 2 is 2.00 bits per heavy atom. The number of H-pyrrole nitrogens is 1. The Labute approximate surface area is 116 Å². The normalized spacial score (nSPS) is 13.9. The molecule has 0 fully saturated rings. The molecule has 0 saturated carbocycles. The number of nitrogens with one attached hydrogen (secondary N) is 2. The minimum absolute atomic E-state index is 0.0582. The molecule has 0 aromatic carbocycles. The van der Waals surface area contributed by atoms with Crippen LogP contribution in [0.25, 0.3) is 0 Å². The average molecular weight is 287 g/mol. The van der Waals surface area contributed by atoms with Crippen molar-refractivity contribution in [1.29, 1.82) is 0 Å². The van der Waals surface area contributed by atoms with E-state index >= 15 is 0 Å². The number of sulfonamides is 1. The highest BCUT2D eigenvalue weighted by Gasteiger charge is 2.19. The summed E-state index contributed by atoms with van der Waals surface area (Å²) in [5.41, 5.74) is 0. The third-order valence-electron chi connectivity index (χ3n) is 3.00. The predicted octanol–water partition coefficient (Wildman–Crippen LogP) is 2.47. The molecule has 0 aliphatic carbocycles. The highest BCUT2D eigenvalue weighted by Crippen LogP contribution is 2.11. The standard InChI is InChI=1S/C13H25N3O2S/c1-5-12-14-9-13(15-12)19(17,18)16-11(4)8-6-7-10(2)3/h9-11,16H,5-8H2,1-4H3,(H,14,15). The molecule has 1 unspecified atom stereocenters. The largest absolute Gasteiger partial charge is 0.332 e. The third kappa shape index (κ3) is 5.32. The molecule has 0 aliphatic rings. The van der Waals surface area contributed by atoms with Crippen molar-refractivity contribution in [3.05, 3.63) is 12.0 Å². The molecule has 2 N–H and O–H groups in total. The van der Waals surface area contributed by atoms with Gasteiger partial charge in [-0.05, 0) is 19.3 Å². The van der Waals surface area contributed by atoms with Crippen LogP contribution in [-0.2, 0) is 16.4 Å². The van der Waals surface area contributed by atoms with Gasteiger partial charge in [0.15, 0.2) is 5.03 Å². The average Bonchev–Trinajstić information content (AvgIpc) is 2.76. The van der Waals surface area contributed by atoms with Crippen LogP contribution in [-0.4, -0.2) is 24.4 Å². The molecule has 110 valence electrons. The fourth-order valence-corrected chi connectivity index (χ4v) is 3.10. The summed E-state index contributed by atoms with van der Waals surface area (Å²) < 4.78 is 26.9. The van der Waals surface area contributed by atoms with E-state index in [2.05, 4.69) is 28.5 Å². The van der Waals surface area contributed by atoms with Gasteiger partial charge in [-0.1, -0.05) is 33.6 Å². The molecule has 0 spiro atoms. The quantitative estimate of drug-likeness (QED) is 0.771. The lowest BCUT2D eigenvalue weighted by Crippen LogP contribution is -2.32. The Morgan fingerprint density at radius 1 is 1.32 bits per heavy atom. The highest BCUT2D eigenvalue weighted by molar-refractivity contribution is 7.89. The van der Waals surface area contributed by atoms with Crippen molar-refractivity contribution in [1.82, 2.24) is 14.7 Å². The van der Waals surface area contributed by atoms with Crippen molar-refractivity contribution in [2.45, 2.75) is 64.4 Å². The Bertz CT molecular complexity index is 480. The predicted molar refractivity (Wildman–Crippen MR) is 76.4 cm³/mol. The summed E-state index contributed by atoms with van der Waals surface area (Å²) in [6.07, 6.45) is 5.08. The van der Waals surface area contributed by atoms with E-state index in [1.54, 1.807) is 0 Å². The molecular formula is C13H25N3O2S. The van der Waals surface area contributed by atoms with Gasteiger partial charge in [0.05, 0.1) is 6.20 Å². The van der Waals surface area contributed by atoms with Crippen molar-refractivity contribution in [2.24, 2.45) is 5.92 Å². The lowest BCUT2D eigenvalue weighted by Gasteiger charge is -2.13. The number of nitrogens with zero attached hydrogens (tertiary/aromatic N) is 1. The Morgan fingerprint density at radius 3 is 2.53 bits per heavy atom. The molecule has 1 rings (SSSR count). The minimum atomic E-state index is -3.47. The zero-order chi connectivity index (χ0) is 14.5. The van der Waals surface area contributed by atoms with Crippen molar-refractivity contribution in [3.63, 3.8) is 0 Å². The van der Waals surface area contributed by atoms with Gasteiger partial charge in [0.2, 0.25) is 0 Å². The molecule has 5 nitrogen and oxygen atoms in total. The second kappa shape index (κ2) is 7.05. The molecule has 0 bridgehead atoms. The fraction of sp³-hybridized carbons (Fsp3) is 0.769. The lowest BCUT2D eigenvalue weighted by atomic mass is 10.0. The Hall–Kier alpha value is -0.880. The molecule has 6 heteroatoms.